The second-order valence-corrected chi connectivity index (χ2v) is 17.5. The number of carbonyl (C=O) groups excluding carboxylic acids is 5. The van der Waals surface area contributed by atoms with Crippen LogP contribution in [-0.4, -0.2) is 88.6 Å². The van der Waals surface area contributed by atoms with Gasteiger partial charge in [0.1, 0.15) is 6.04 Å². The quantitative estimate of drug-likeness (QED) is 0.0874. The summed E-state index contributed by atoms with van der Waals surface area (Å²) in [4.78, 5) is 69.1. The summed E-state index contributed by atoms with van der Waals surface area (Å²) in [5.41, 5.74) is -1.85. The molecule has 0 bridgehead atoms. The Labute approximate surface area is 288 Å². The Balaban J connectivity index is 2.38. The molecule has 12 nitrogen and oxygen atoms in total. The van der Waals surface area contributed by atoms with Gasteiger partial charge < -0.3 is 26.0 Å². The van der Waals surface area contributed by atoms with Crippen molar-refractivity contribution in [2.24, 2.45) is 28.1 Å². The number of hydrogen-bond donors (Lipinski definition) is 6. The third-order valence-electron chi connectivity index (χ3n) is 9.47. The van der Waals surface area contributed by atoms with Gasteiger partial charge in [-0.3, -0.25) is 34.6 Å². The van der Waals surface area contributed by atoms with Crippen molar-refractivity contribution in [2.75, 3.05) is 13.1 Å². The van der Waals surface area contributed by atoms with Gasteiger partial charge in [-0.05, 0) is 61.7 Å². The Hall–Kier alpha value is -2.83. The van der Waals surface area contributed by atoms with Crippen LogP contribution < -0.4 is 26.6 Å². The van der Waals surface area contributed by atoms with Crippen molar-refractivity contribution in [2.45, 2.75) is 145 Å². The van der Waals surface area contributed by atoms with Crippen molar-refractivity contribution in [1.29, 1.82) is 0 Å². The normalized spacial score (nSPS) is 23.1. The predicted molar refractivity (Wildman–Crippen MR) is 187 cm³/mol. The molecule has 1 aliphatic heterocycles. The third kappa shape index (κ3) is 10.6. The van der Waals surface area contributed by atoms with Crippen LogP contribution in [0.3, 0.4) is 0 Å². The Morgan fingerprint density at radius 2 is 1.52 bits per heavy atom. The summed E-state index contributed by atoms with van der Waals surface area (Å²) in [6.45, 7) is 27.1. The highest BCUT2D eigenvalue weighted by Gasteiger charge is 2.61. The molecule has 0 aromatic heterocycles. The zero-order valence-corrected chi connectivity index (χ0v) is 31.5. The first-order valence-electron chi connectivity index (χ1n) is 17.4. The van der Waals surface area contributed by atoms with Gasteiger partial charge in [-0.25, -0.2) is 0 Å². The van der Waals surface area contributed by atoms with Gasteiger partial charge in [0, 0.05) is 18.6 Å². The van der Waals surface area contributed by atoms with E-state index in [4.69, 9.17) is 0 Å². The highest BCUT2D eigenvalue weighted by atomic mass is 16.3. The molecule has 1 saturated heterocycles. The predicted octanol–water partition coefficient (Wildman–Crippen LogP) is 2.61. The van der Waals surface area contributed by atoms with E-state index < -0.39 is 64.5 Å². The first-order valence-corrected chi connectivity index (χ1v) is 17.4. The van der Waals surface area contributed by atoms with Crippen molar-refractivity contribution in [3.63, 3.8) is 0 Å². The van der Waals surface area contributed by atoms with Crippen molar-refractivity contribution in [1.82, 2.24) is 31.5 Å². The van der Waals surface area contributed by atoms with Crippen LogP contribution in [0.25, 0.3) is 0 Å². The topological polar surface area (TPSA) is 169 Å². The van der Waals surface area contributed by atoms with Crippen LogP contribution >= 0.6 is 0 Å². The summed E-state index contributed by atoms with van der Waals surface area (Å²) in [6, 6.07) is -3.61. The van der Waals surface area contributed by atoms with Gasteiger partial charge in [-0.15, -0.1) is 6.58 Å². The van der Waals surface area contributed by atoms with Gasteiger partial charge in [-0.1, -0.05) is 81.2 Å². The van der Waals surface area contributed by atoms with Gasteiger partial charge in [-0.2, -0.15) is 0 Å². The molecule has 0 aromatic carbocycles. The molecule has 2 fully saturated rings. The average Bonchev–Trinajstić information content (AvgIpc) is 3.27. The Kier molecular flexibility index (Phi) is 13.6. The molecule has 6 N–H and O–H groups in total. The molecule has 4 amide bonds. The van der Waals surface area contributed by atoms with Gasteiger partial charge in [0.25, 0.3) is 5.91 Å². The van der Waals surface area contributed by atoms with Gasteiger partial charge >= 0.3 is 0 Å². The first-order chi connectivity index (χ1) is 21.9. The number of aliphatic hydroxyl groups is 1. The second-order valence-electron chi connectivity index (χ2n) is 17.5. The summed E-state index contributed by atoms with van der Waals surface area (Å²) >= 11 is 0. The van der Waals surface area contributed by atoms with E-state index in [-0.39, 0.29) is 35.6 Å². The molecule has 2 unspecified atom stereocenters. The number of fused-ring (bicyclic) bond motifs is 1. The molecular weight excluding hydrogens is 612 g/mol. The molecule has 48 heavy (non-hydrogen) atoms. The zero-order valence-electron chi connectivity index (χ0n) is 31.5. The third-order valence-corrected chi connectivity index (χ3v) is 9.47. The maximum atomic E-state index is 14.5. The van der Waals surface area contributed by atoms with Crippen LogP contribution in [0.2, 0.25) is 0 Å². The molecule has 2 aliphatic rings. The van der Waals surface area contributed by atoms with Crippen molar-refractivity contribution >= 4 is 29.4 Å². The van der Waals surface area contributed by atoms with Crippen LogP contribution in [0.15, 0.2) is 12.7 Å². The molecule has 0 aromatic rings. The first kappa shape index (κ1) is 41.3. The van der Waals surface area contributed by atoms with E-state index in [2.05, 4.69) is 47.0 Å². The number of ketones is 1. The Morgan fingerprint density at radius 3 is 2.00 bits per heavy atom. The number of hydrogen-bond acceptors (Lipinski definition) is 8. The van der Waals surface area contributed by atoms with E-state index in [1.54, 1.807) is 4.90 Å². The minimum absolute atomic E-state index is 0.0629. The molecule has 2 rings (SSSR count). The lowest BCUT2D eigenvalue weighted by Crippen LogP contribution is -2.65. The van der Waals surface area contributed by atoms with Crippen molar-refractivity contribution < 1.29 is 29.1 Å². The van der Waals surface area contributed by atoms with E-state index >= 15 is 0 Å². The molecule has 0 spiro atoms. The average molecular weight is 677 g/mol. The SMILES string of the molecule is C=CCNC(=O)C(=O)C(CCCC)NC(=O)[C@@H]1[C@H]2CC(C)(C)[C@H]2CN1C(=O)[C@@H](NC(O)N[C@H](C(=O)NC(C)(C)C)C(C)(C)C)C(C)(C)C. The van der Waals surface area contributed by atoms with Gasteiger partial charge in [0.15, 0.2) is 6.35 Å². The van der Waals surface area contributed by atoms with Crippen LogP contribution in [0.5, 0.6) is 0 Å². The minimum Gasteiger partial charge on any atom is -0.365 e. The number of amides is 4. The molecule has 1 heterocycles. The summed E-state index contributed by atoms with van der Waals surface area (Å²) in [6.07, 6.45) is 2.46. The van der Waals surface area contributed by atoms with Crippen LogP contribution in [0.1, 0.15) is 109 Å². The number of nitrogens with one attached hydrogen (secondary N) is 5. The zero-order chi connectivity index (χ0) is 37.0. The molecule has 12 heteroatoms. The monoisotopic (exact) mass is 676 g/mol. The fourth-order valence-corrected chi connectivity index (χ4v) is 6.88. The number of likely N-dealkylation sites (tertiary alicyclic amines) is 1. The van der Waals surface area contributed by atoms with Crippen molar-refractivity contribution in [3.8, 4) is 0 Å². The summed E-state index contributed by atoms with van der Waals surface area (Å²) in [5, 5.41) is 25.6. The number of carbonyl (C=O) groups is 5. The maximum Gasteiger partial charge on any atom is 0.289 e. The Morgan fingerprint density at radius 1 is 0.958 bits per heavy atom. The lowest BCUT2D eigenvalue weighted by molar-refractivity contribution is -0.146. The molecule has 0 radical (unpaired) electrons. The summed E-state index contributed by atoms with van der Waals surface area (Å²) < 4.78 is 0. The van der Waals surface area contributed by atoms with E-state index in [9.17, 15) is 29.1 Å². The lowest BCUT2D eigenvalue weighted by Gasteiger charge is -2.48. The van der Waals surface area contributed by atoms with E-state index in [1.165, 1.54) is 6.08 Å². The van der Waals surface area contributed by atoms with Crippen LogP contribution in [-0.2, 0) is 24.0 Å². The largest absolute Gasteiger partial charge is 0.365 e. The minimum atomic E-state index is -1.43. The molecule has 1 aliphatic carbocycles. The maximum absolute atomic E-state index is 14.5. The summed E-state index contributed by atoms with van der Waals surface area (Å²) in [5.74, 6) is -2.68. The highest BCUT2D eigenvalue weighted by molar-refractivity contribution is 6.38. The molecule has 274 valence electrons. The van der Waals surface area contributed by atoms with Crippen LogP contribution in [0, 0.1) is 28.1 Å². The standard InChI is InChI=1S/C36H64N6O6/c1-14-16-17-23(25(43)29(45)37-18-15-2)38-28(44)24-21-19-36(12,13)22(21)20-42(24)31(47)27(34(6,7)8)40-32(48)39-26(33(3,4)5)30(46)41-35(9,10)11/h15,21-24,26-27,32,39-40,48H,2,14,16-20H2,1,3-13H3,(H,37,45)(H,38,44)(H,41,46)/t21-,22-,23?,24-,26+,27+,32?/m0/s1. The number of Topliss-reactive ketones (excluding diaryl/α,β-unsaturated/α-hetero) is 1. The van der Waals surface area contributed by atoms with Gasteiger partial charge in [0.2, 0.25) is 23.5 Å². The second kappa shape index (κ2) is 15.8. The molecule has 7 atom stereocenters. The van der Waals surface area contributed by atoms with Crippen LogP contribution in [0.4, 0.5) is 0 Å². The number of unbranched alkanes of at least 4 members (excludes halogenated alkanes) is 1. The highest BCUT2D eigenvalue weighted by Crippen LogP contribution is 2.57. The smallest absolute Gasteiger partial charge is 0.289 e. The van der Waals surface area contributed by atoms with E-state index in [0.717, 1.165) is 12.8 Å². The number of nitrogens with zero attached hydrogens (tertiary/aromatic N) is 1. The molecular formula is C36H64N6O6. The fraction of sp³-hybridized carbons (Fsp3) is 0.806. The lowest BCUT2D eigenvalue weighted by atomic mass is 9.55. The van der Waals surface area contributed by atoms with Gasteiger partial charge in [0.05, 0.1) is 18.1 Å². The number of aliphatic hydroxyl groups excluding tert-OH is 1. The summed E-state index contributed by atoms with van der Waals surface area (Å²) in [7, 11) is 0. The van der Waals surface area contributed by atoms with E-state index in [0.29, 0.717) is 19.4 Å². The van der Waals surface area contributed by atoms with Crippen molar-refractivity contribution in [3.05, 3.63) is 12.7 Å². The number of rotatable bonds is 15. The van der Waals surface area contributed by atoms with E-state index in [1.807, 2.05) is 69.2 Å². The molecule has 1 saturated carbocycles. The Bertz CT molecular complexity index is 1200. The fourth-order valence-electron chi connectivity index (χ4n) is 6.88.